The predicted octanol–water partition coefficient (Wildman–Crippen LogP) is 3.42. The maximum atomic E-state index is 14.4. The third kappa shape index (κ3) is 3.77. The second-order valence-electron chi connectivity index (χ2n) is 7.07. The van der Waals surface area contributed by atoms with Crippen LogP contribution in [0.1, 0.15) is 61.7 Å². The van der Waals surface area contributed by atoms with Crippen LogP contribution in [-0.2, 0) is 0 Å². The normalized spacial score (nSPS) is 16.9. The van der Waals surface area contributed by atoms with Crippen LogP contribution >= 0.6 is 0 Å². The van der Waals surface area contributed by atoms with Gasteiger partial charge in [-0.05, 0) is 32.0 Å². The summed E-state index contributed by atoms with van der Waals surface area (Å²) in [4.78, 5) is 20.1. The average molecular weight is 360 g/mol. The molecule has 1 aromatic carbocycles. The molecule has 0 amide bonds. The summed E-state index contributed by atoms with van der Waals surface area (Å²) in [5.41, 5.74) is 0.943. The van der Waals surface area contributed by atoms with Crippen molar-refractivity contribution in [3.05, 3.63) is 41.3 Å². The van der Waals surface area contributed by atoms with Gasteiger partial charge in [0.15, 0.2) is 11.6 Å². The number of hydrogen-bond acceptors (Lipinski definition) is 6. The van der Waals surface area contributed by atoms with Gasteiger partial charge in [0.25, 0.3) is 0 Å². The molecule has 0 aliphatic carbocycles. The summed E-state index contributed by atoms with van der Waals surface area (Å²) in [6.45, 7) is 10.5. The fraction of sp³-hybridized carbons (Fsp3) is 0.526. The van der Waals surface area contributed by atoms with Crippen molar-refractivity contribution in [2.45, 2.75) is 39.7 Å². The smallest absolute Gasteiger partial charge is 0.243 e. The van der Waals surface area contributed by atoms with E-state index in [9.17, 15) is 9.18 Å². The number of ketones is 1. The molecule has 0 spiro atoms. The summed E-state index contributed by atoms with van der Waals surface area (Å²) < 4.78 is 19.8. The zero-order chi connectivity index (χ0) is 18.8. The first-order chi connectivity index (χ1) is 12.4. The zero-order valence-electron chi connectivity index (χ0n) is 15.7. The van der Waals surface area contributed by atoms with E-state index in [1.807, 2.05) is 18.7 Å². The molecule has 1 saturated heterocycles. The summed E-state index contributed by atoms with van der Waals surface area (Å²) in [5.74, 6) is 1.10. The lowest BCUT2D eigenvalue weighted by atomic mass is 10.1. The molecular formula is C19H25FN4O2. The van der Waals surface area contributed by atoms with Gasteiger partial charge in [-0.2, -0.15) is 4.98 Å². The first-order valence-corrected chi connectivity index (χ1v) is 8.99. The molecule has 1 aromatic heterocycles. The van der Waals surface area contributed by atoms with Gasteiger partial charge in [-0.25, -0.2) is 4.39 Å². The maximum Gasteiger partial charge on any atom is 0.243 e. The molecule has 0 bridgehead atoms. The van der Waals surface area contributed by atoms with E-state index < -0.39 is 0 Å². The third-order valence-corrected chi connectivity index (χ3v) is 4.89. The molecule has 0 saturated carbocycles. The number of carbonyl (C=O) groups is 1. The molecule has 2 aromatic rings. The van der Waals surface area contributed by atoms with E-state index in [1.165, 1.54) is 13.0 Å². The van der Waals surface area contributed by atoms with Crippen molar-refractivity contribution in [3.63, 3.8) is 0 Å². The molecule has 1 aliphatic rings. The number of rotatable bonds is 5. The number of halogens is 1. The van der Waals surface area contributed by atoms with Gasteiger partial charge in [0.2, 0.25) is 5.89 Å². The molecule has 26 heavy (non-hydrogen) atoms. The molecule has 1 aliphatic heterocycles. The van der Waals surface area contributed by atoms with Crippen LogP contribution in [0, 0.1) is 5.82 Å². The van der Waals surface area contributed by atoms with Crippen molar-refractivity contribution < 1.29 is 13.7 Å². The van der Waals surface area contributed by atoms with Crippen LogP contribution in [0.15, 0.2) is 22.7 Å². The van der Waals surface area contributed by atoms with Crippen LogP contribution < -0.4 is 4.90 Å². The van der Waals surface area contributed by atoms with Crippen molar-refractivity contribution in [3.8, 4) is 0 Å². The molecule has 1 unspecified atom stereocenters. The number of carbonyl (C=O) groups excluding carboxylic acids is 1. The number of benzene rings is 1. The van der Waals surface area contributed by atoms with Crippen LogP contribution in [0.4, 0.5) is 10.1 Å². The van der Waals surface area contributed by atoms with Gasteiger partial charge < -0.3 is 9.42 Å². The zero-order valence-corrected chi connectivity index (χ0v) is 15.7. The van der Waals surface area contributed by atoms with E-state index in [-0.39, 0.29) is 23.6 Å². The molecule has 2 heterocycles. The standard InChI is InChI=1S/C19H25FN4O2/c1-12(2)18-21-19(26-22-18)13(3)23-7-9-24(10-8-23)17-6-5-15(14(4)25)11-16(17)20/h5-6,11-13H,7-10H2,1-4H3. The van der Waals surface area contributed by atoms with Crippen LogP contribution in [0.5, 0.6) is 0 Å². The van der Waals surface area contributed by atoms with Gasteiger partial charge >= 0.3 is 0 Å². The molecule has 3 rings (SSSR count). The number of anilines is 1. The van der Waals surface area contributed by atoms with Crippen molar-refractivity contribution in [2.24, 2.45) is 0 Å². The number of aromatic nitrogens is 2. The van der Waals surface area contributed by atoms with Gasteiger partial charge in [0.05, 0.1) is 11.7 Å². The molecule has 0 N–H and O–H groups in total. The number of hydrogen-bond donors (Lipinski definition) is 0. The SMILES string of the molecule is CC(=O)c1ccc(N2CCN(C(C)c3nc(C(C)C)no3)CC2)c(F)c1. The molecule has 1 fully saturated rings. The molecule has 140 valence electrons. The topological polar surface area (TPSA) is 62.5 Å². The Balaban J connectivity index is 1.64. The van der Waals surface area contributed by atoms with Crippen LogP contribution in [0.25, 0.3) is 0 Å². The number of nitrogens with zero attached hydrogens (tertiary/aromatic N) is 4. The Morgan fingerprint density at radius 2 is 1.88 bits per heavy atom. The van der Waals surface area contributed by atoms with E-state index in [1.54, 1.807) is 12.1 Å². The van der Waals surface area contributed by atoms with Gasteiger partial charge in [0, 0.05) is 37.7 Å². The number of piperazine rings is 1. The highest BCUT2D eigenvalue weighted by Gasteiger charge is 2.27. The van der Waals surface area contributed by atoms with E-state index in [0.717, 1.165) is 18.9 Å². The predicted molar refractivity (Wildman–Crippen MR) is 97.0 cm³/mol. The van der Waals surface area contributed by atoms with Gasteiger partial charge in [0.1, 0.15) is 5.82 Å². The third-order valence-electron chi connectivity index (χ3n) is 4.89. The number of Topliss-reactive ketones (excluding diaryl/α,β-unsaturated/α-hetero) is 1. The van der Waals surface area contributed by atoms with Gasteiger partial charge in [-0.15, -0.1) is 0 Å². The van der Waals surface area contributed by atoms with E-state index in [0.29, 0.717) is 30.2 Å². The molecule has 0 radical (unpaired) electrons. The molecule has 6 nitrogen and oxygen atoms in total. The van der Waals surface area contributed by atoms with Crippen LogP contribution in [0.2, 0.25) is 0 Å². The highest BCUT2D eigenvalue weighted by molar-refractivity contribution is 5.94. The van der Waals surface area contributed by atoms with Crippen molar-refractivity contribution >= 4 is 11.5 Å². The Bertz CT molecular complexity index is 782. The minimum Gasteiger partial charge on any atom is -0.367 e. The largest absolute Gasteiger partial charge is 0.367 e. The minimum absolute atomic E-state index is 0.0297. The summed E-state index contributed by atoms with van der Waals surface area (Å²) in [6.07, 6.45) is 0. The maximum absolute atomic E-state index is 14.4. The quantitative estimate of drug-likeness (QED) is 0.762. The van der Waals surface area contributed by atoms with E-state index >= 15 is 0 Å². The van der Waals surface area contributed by atoms with Crippen LogP contribution in [-0.4, -0.2) is 47.0 Å². The van der Waals surface area contributed by atoms with Crippen molar-refractivity contribution in [1.82, 2.24) is 15.0 Å². The molecule has 1 atom stereocenters. The van der Waals surface area contributed by atoms with E-state index in [4.69, 9.17) is 4.52 Å². The fourth-order valence-electron chi connectivity index (χ4n) is 3.14. The Morgan fingerprint density at radius 1 is 1.19 bits per heavy atom. The Kier molecular flexibility index (Phi) is 5.36. The lowest BCUT2D eigenvalue weighted by Gasteiger charge is -2.38. The second kappa shape index (κ2) is 7.53. The van der Waals surface area contributed by atoms with Crippen molar-refractivity contribution in [2.75, 3.05) is 31.1 Å². The van der Waals surface area contributed by atoms with Crippen molar-refractivity contribution in [1.29, 1.82) is 0 Å². The Labute approximate surface area is 153 Å². The highest BCUT2D eigenvalue weighted by atomic mass is 19.1. The monoisotopic (exact) mass is 360 g/mol. The lowest BCUT2D eigenvalue weighted by Crippen LogP contribution is -2.47. The average Bonchev–Trinajstić information content (AvgIpc) is 3.11. The van der Waals surface area contributed by atoms with Gasteiger partial charge in [-0.1, -0.05) is 19.0 Å². The lowest BCUT2D eigenvalue weighted by molar-refractivity contribution is 0.101. The van der Waals surface area contributed by atoms with Crippen LogP contribution in [0.3, 0.4) is 0 Å². The summed E-state index contributed by atoms with van der Waals surface area (Å²) >= 11 is 0. The molecular weight excluding hydrogens is 335 g/mol. The second-order valence-corrected chi connectivity index (χ2v) is 7.07. The van der Waals surface area contributed by atoms with Gasteiger partial charge in [-0.3, -0.25) is 9.69 Å². The fourth-order valence-corrected chi connectivity index (χ4v) is 3.14. The minimum atomic E-state index is -0.349. The first kappa shape index (κ1) is 18.5. The summed E-state index contributed by atoms with van der Waals surface area (Å²) in [6, 6.07) is 4.72. The highest BCUT2D eigenvalue weighted by Crippen LogP contribution is 2.26. The van der Waals surface area contributed by atoms with E-state index in [2.05, 4.69) is 22.0 Å². The molecule has 7 heteroatoms. The summed E-state index contributed by atoms with van der Waals surface area (Å²) in [5, 5.41) is 4.03. The summed E-state index contributed by atoms with van der Waals surface area (Å²) in [7, 11) is 0. The first-order valence-electron chi connectivity index (χ1n) is 8.99. The Morgan fingerprint density at radius 3 is 2.42 bits per heavy atom. The Hall–Kier alpha value is -2.28.